The summed E-state index contributed by atoms with van der Waals surface area (Å²) in [6.07, 6.45) is 2.31. The van der Waals surface area contributed by atoms with Gasteiger partial charge in [0.25, 0.3) is 0 Å². The molecule has 1 saturated carbocycles. The van der Waals surface area contributed by atoms with Gasteiger partial charge in [0.05, 0.1) is 17.3 Å². The molecule has 0 bridgehead atoms. The zero-order chi connectivity index (χ0) is 13.8. The number of aryl methyl sites for hydroxylation is 1. The Hall–Kier alpha value is -1.26. The second-order valence-corrected chi connectivity index (χ2v) is 5.18. The third kappa shape index (κ3) is 3.85. The molecule has 1 fully saturated rings. The van der Waals surface area contributed by atoms with Crippen molar-refractivity contribution in [3.8, 4) is 0 Å². The van der Waals surface area contributed by atoms with E-state index in [9.17, 15) is 4.79 Å². The molecule has 1 aliphatic rings. The van der Waals surface area contributed by atoms with E-state index in [-0.39, 0.29) is 6.61 Å². The van der Waals surface area contributed by atoms with Crippen LogP contribution in [0.1, 0.15) is 18.4 Å². The Morgan fingerprint density at radius 3 is 2.84 bits per heavy atom. The van der Waals surface area contributed by atoms with Crippen LogP contribution in [0.5, 0.6) is 0 Å². The number of hydrogen-bond acceptors (Lipinski definition) is 3. The lowest BCUT2D eigenvalue weighted by Gasteiger charge is -2.27. The molecule has 1 aliphatic carbocycles. The average molecular weight is 284 g/mol. The quantitative estimate of drug-likeness (QED) is 0.782. The Kier molecular flexibility index (Phi) is 4.66. The summed E-state index contributed by atoms with van der Waals surface area (Å²) in [4.78, 5) is 12.6. The minimum atomic E-state index is -0.938. The molecule has 1 N–H and O–H groups in total. The van der Waals surface area contributed by atoms with E-state index in [0.29, 0.717) is 19.2 Å². The average Bonchev–Trinajstić information content (AvgIpc) is 3.15. The van der Waals surface area contributed by atoms with Crippen LogP contribution in [0.15, 0.2) is 18.2 Å². The molecule has 0 unspecified atom stereocenters. The molecule has 5 heteroatoms. The smallest absolute Gasteiger partial charge is 0.329 e. The van der Waals surface area contributed by atoms with Gasteiger partial charge in [0.2, 0.25) is 0 Å². The molecule has 0 aromatic heterocycles. The van der Waals surface area contributed by atoms with Crippen LogP contribution in [0.3, 0.4) is 0 Å². The molecule has 1 aromatic rings. The molecule has 0 spiro atoms. The van der Waals surface area contributed by atoms with Crippen molar-refractivity contribution in [2.24, 2.45) is 0 Å². The number of anilines is 1. The van der Waals surface area contributed by atoms with E-state index in [1.54, 1.807) is 0 Å². The first-order chi connectivity index (χ1) is 9.09. The summed E-state index contributed by atoms with van der Waals surface area (Å²) in [5.41, 5.74) is 2.18. The van der Waals surface area contributed by atoms with E-state index in [1.807, 2.05) is 25.1 Å². The zero-order valence-electron chi connectivity index (χ0n) is 10.9. The number of rotatable bonds is 7. The highest BCUT2D eigenvalue weighted by molar-refractivity contribution is 6.33. The normalized spacial score (nSPS) is 14.4. The standard InChI is InChI=1S/C14H18ClNO3/c1-10-3-2-4-12(15)14(10)16(11-5-6-11)7-8-19-9-13(17)18/h2-4,11H,5-9H2,1H3,(H,17,18). The molecule has 4 nitrogen and oxygen atoms in total. The molecular formula is C14H18ClNO3. The monoisotopic (exact) mass is 283 g/mol. The fourth-order valence-electron chi connectivity index (χ4n) is 2.17. The van der Waals surface area contributed by atoms with Crippen LogP contribution in [0.2, 0.25) is 5.02 Å². The largest absolute Gasteiger partial charge is 0.480 e. The van der Waals surface area contributed by atoms with Crippen molar-refractivity contribution in [3.63, 3.8) is 0 Å². The van der Waals surface area contributed by atoms with Gasteiger partial charge >= 0.3 is 5.97 Å². The first-order valence-electron chi connectivity index (χ1n) is 6.41. The number of halogens is 1. The van der Waals surface area contributed by atoms with Crippen molar-refractivity contribution in [1.82, 2.24) is 0 Å². The number of hydrogen-bond donors (Lipinski definition) is 1. The Balaban J connectivity index is 2.02. The van der Waals surface area contributed by atoms with Crippen molar-refractivity contribution >= 4 is 23.3 Å². The topological polar surface area (TPSA) is 49.8 Å². The maximum absolute atomic E-state index is 10.4. The molecule has 104 valence electrons. The van der Waals surface area contributed by atoms with E-state index < -0.39 is 5.97 Å². The first-order valence-corrected chi connectivity index (χ1v) is 6.78. The summed E-state index contributed by atoms with van der Waals surface area (Å²) in [6, 6.07) is 6.37. The number of aliphatic carboxylic acids is 1. The van der Waals surface area contributed by atoms with E-state index in [0.717, 1.165) is 29.1 Å². The second kappa shape index (κ2) is 6.26. The number of ether oxygens (including phenoxy) is 1. The minimum Gasteiger partial charge on any atom is -0.480 e. The van der Waals surface area contributed by atoms with Crippen molar-refractivity contribution in [2.45, 2.75) is 25.8 Å². The number of nitrogens with zero attached hydrogens (tertiary/aromatic N) is 1. The van der Waals surface area contributed by atoms with Gasteiger partial charge in [-0.1, -0.05) is 23.7 Å². The Labute approximate surface area is 117 Å². The molecular weight excluding hydrogens is 266 g/mol. The van der Waals surface area contributed by atoms with Crippen LogP contribution in [-0.4, -0.2) is 36.9 Å². The summed E-state index contributed by atoms with van der Waals surface area (Å²) in [5, 5.41) is 9.29. The highest BCUT2D eigenvalue weighted by atomic mass is 35.5. The Morgan fingerprint density at radius 2 is 2.26 bits per heavy atom. The predicted molar refractivity (Wildman–Crippen MR) is 75.0 cm³/mol. The summed E-state index contributed by atoms with van der Waals surface area (Å²) in [6.45, 7) is 2.85. The molecule has 0 heterocycles. The summed E-state index contributed by atoms with van der Waals surface area (Å²) >= 11 is 6.28. The number of carboxylic acids is 1. The highest BCUT2D eigenvalue weighted by Gasteiger charge is 2.30. The van der Waals surface area contributed by atoms with Crippen LogP contribution in [0, 0.1) is 6.92 Å². The number of carbonyl (C=O) groups is 1. The van der Waals surface area contributed by atoms with Gasteiger partial charge in [-0.3, -0.25) is 0 Å². The van der Waals surface area contributed by atoms with Gasteiger partial charge in [0.1, 0.15) is 6.61 Å². The van der Waals surface area contributed by atoms with Crippen molar-refractivity contribution in [1.29, 1.82) is 0 Å². The van der Waals surface area contributed by atoms with Crippen molar-refractivity contribution in [3.05, 3.63) is 28.8 Å². The van der Waals surface area contributed by atoms with Gasteiger partial charge < -0.3 is 14.7 Å². The summed E-state index contributed by atoms with van der Waals surface area (Å²) in [5.74, 6) is -0.938. The third-order valence-electron chi connectivity index (χ3n) is 3.17. The van der Waals surface area contributed by atoms with Gasteiger partial charge in [0, 0.05) is 12.6 Å². The molecule has 1 aromatic carbocycles. The maximum Gasteiger partial charge on any atom is 0.329 e. The lowest BCUT2D eigenvalue weighted by atomic mass is 10.1. The van der Waals surface area contributed by atoms with Gasteiger partial charge in [-0.05, 0) is 31.4 Å². The fraction of sp³-hybridized carbons (Fsp3) is 0.500. The van der Waals surface area contributed by atoms with Gasteiger partial charge in [-0.15, -0.1) is 0 Å². The fourth-order valence-corrected chi connectivity index (χ4v) is 2.50. The molecule has 19 heavy (non-hydrogen) atoms. The first kappa shape index (κ1) is 14.2. The van der Waals surface area contributed by atoms with E-state index in [2.05, 4.69) is 4.90 Å². The van der Waals surface area contributed by atoms with Crippen LogP contribution < -0.4 is 4.90 Å². The summed E-state index contributed by atoms with van der Waals surface area (Å²) < 4.78 is 5.12. The number of benzene rings is 1. The third-order valence-corrected chi connectivity index (χ3v) is 3.47. The van der Waals surface area contributed by atoms with E-state index in [1.165, 1.54) is 0 Å². The molecule has 2 rings (SSSR count). The van der Waals surface area contributed by atoms with Crippen LogP contribution in [0.25, 0.3) is 0 Å². The molecule has 0 aliphatic heterocycles. The van der Waals surface area contributed by atoms with E-state index >= 15 is 0 Å². The lowest BCUT2D eigenvalue weighted by molar-refractivity contribution is -0.142. The van der Waals surface area contributed by atoms with Gasteiger partial charge in [0.15, 0.2) is 0 Å². The van der Waals surface area contributed by atoms with Crippen LogP contribution in [-0.2, 0) is 9.53 Å². The van der Waals surface area contributed by atoms with Crippen molar-refractivity contribution in [2.75, 3.05) is 24.7 Å². The van der Waals surface area contributed by atoms with Crippen LogP contribution in [0.4, 0.5) is 5.69 Å². The summed E-state index contributed by atoms with van der Waals surface area (Å²) in [7, 11) is 0. The van der Waals surface area contributed by atoms with Crippen molar-refractivity contribution < 1.29 is 14.6 Å². The second-order valence-electron chi connectivity index (χ2n) is 4.78. The number of carboxylic acid groups (broad SMARTS) is 1. The zero-order valence-corrected chi connectivity index (χ0v) is 11.7. The Morgan fingerprint density at radius 1 is 1.53 bits per heavy atom. The van der Waals surface area contributed by atoms with Gasteiger partial charge in [-0.25, -0.2) is 4.79 Å². The molecule has 0 radical (unpaired) electrons. The SMILES string of the molecule is Cc1cccc(Cl)c1N(CCOCC(=O)O)C1CC1. The molecule has 0 atom stereocenters. The molecule has 0 amide bonds. The van der Waals surface area contributed by atoms with Crippen LogP contribution >= 0.6 is 11.6 Å². The predicted octanol–water partition coefficient (Wildman–Crippen LogP) is 2.72. The number of para-hydroxylation sites is 1. The van der Waals surface area contributed by atoms with Gasteiger partial charge in [-0.2, -0.15) is 0 Å². The minimum absolute atomic E-state index is 0.250. The lowest BCUT2D eigenvalue weighted by Crippen LogP contribution is -2.31. The highest BCUT2D eigenvalue weighted by Crippen LogP contribution is 2.37. The maximum atomic E-state index is 10.4. The molecule has 0 saturated heterocycles. The van der Waals surface area contributed by atoms with E-state index in [4.69, 9.17) is 21.4 Å². The Bertz CT molecular complexity index is 440.